The van der Waals surface area contributed by atoms with E-state index in [0.717, 1.165) is 56.4 Å². The van der Waals surface area contributed by atoms with Gasteiger partial charge in [-0.15, -0.1) is 0 Å². The minimum atomic E-state index is -1.23. The third-order valence-electron chi connectivity index (χ3n) is 7.87. The van der Waals surface area contributed by atoms with Crippen molar-refractivity contribution in [3.05, 3.63) is 65.7 Å². The summed E-state index contributed by atoms with van der Waals surface area (Å²) in [7, 11) is 0. The quantitative estimate of drug-likeness (QED) is 0.268. The van der Waals surface area contributed by atoms with Crippen LogP contribution in [0.2, 0.25) is 0 Å². The molecule has 41 heavy (non-hydrogen) atoms. The van der Waals surface area contributed by atoms with Crippen LogP contribution < -0.4 is 16.0 Å². The molecule has 0 radical (unpaired) electrons. The molecule has 4 rings (SSSR count). The first-order valence-corrected chi connectivity index (χ1v) is 14.4. The minimum Gasteiger partial charge on any atom is -0.356 e. The van der Waals surface area contributed by atoms with Gasteiger partial charge in [0.1, 0.15) is 5.82 Å². The van der Waals surface area contributed by atoms with Crippen molar-refractivity contribution >= 4 is 29.3 Å². The van der Waals surface area contributed by atoms with Crippen molar-refractivity contribution in [1.82, 2.24) is 20.9 Å². The predicted molar refractivity (Wildman–Crippen MR) is 149 cm³/mol. The number of benzene rings is 1. The standard InChI is InChI=1S/C31H37FN4O5/c32-24-15-23(18-33-19-24)27(37)17-22(14-20-8-3-1-4-9-20)30(40)36-26(16-21-10-7-13-34-29(21)39)28(38)31(41)35-25-11-5-2-6-12-25/h1,3-4,8-9,15,18-19,21-22,25-26H,2,5-7,10-14,16-17H2,(H,34,39)(H,35,41)(H,36,40)/t21-,22+,26-/m0/s1. The lowest BCUT2D eigenvalue weighted by Gasteiger charge is -2.28. The highest BCUT2D eigenvalue weighted by molar-refractivity contribution is 6.38. The highest BCUT2D eigenvalue weighted by Crippen LogP contribution is 2.22. The van der Waals surface area contributed by atoms with E-state index in [9.17, 15) is 28.4 Å². The maximum absolute atomic E-state index is 13.7. The Balaban J connectivity index is 1.53. The lowest BCUT2D eigenvalue weighted by Crippen LogP contribution is -2.53. The Kier molecular flexibility index (Phi) is 10.7. The monoisotopic (exact) mass is 564 g/mol. The van der Waals surface area contributed by atoms with Gasteiger partial charge in [0.05, 0.1) is 12.2 Å². The average Bonchev–Trinajstić information content (AvgIpc) is 2.98. The Labute approximate surface area is 239 Å². The Morgan fingerprint density at radius 3 is 2.46 bits per heavy atom. The lowest BCUT2D eigenvalue weighted by atomic mass is 9.88. The molecule has 0 spiro atoms. The zero-order valence-corrected chi connectivity index (χ0v) is 23.1. The number of rotatable bonds is 12. The summed E-state index contributed by atoms with van der Waals surface area (Å²) in [6.45, 7) is 0.540. The van der Waals surface area contributed by atoms with Crippen molar-refractivity contribution in [2.45, 2.75) is 76.3 Å². The van der Waals surface area contributed by atoms with E-state index in [0.29, 0.717) is 13.0 Å². The van der Waals surface area contributed by atoms with Crippen molar-refractivity contribution in [3.63, 3.8) is 0 Å². The van der Waals surface area contributed by atoms with Gasteiger partial charge < -0.3 is 16.0 Å². The van der Waals surface area contributed by atoms with E-state index < -0.39 is 47.1 Å². The lowest BCUT2D eigenvalue weighted by molar-refractivity contribution is -0.141. The summed E-state index contributed by atoms with van der Waals surface area (Å²) in [6.07, 6.45) is 8.00. The van der Waals surface area contributed by atoms with Crippen LogP contribution in [0.15, 0.2) is 48.8 Å². The number of nitrogens with zero attached hydrogens (tertiary/aromatic N) is 1. The van der Waals surface area contributed by atoms with Crippen LogP contribution in [0.25, 0.3) is 0 Å². The topological polar surface area (TPSA) is 134 Å². The summed E-state index contributed by atoms with van der Waals surface area (Å²) in [6, 6.07) is 8.83. The molecule has 2 aromatic rings. The summed E-state index contributed by atoms with van der Waals surface area (Å²) in [5, 5.41) is 8.32. The van der Waals surface area contributed by atoms with Gasteiger partial charge >= 0.3 is 0 Å². The van der Waals surface area contributed by atoms with Crippen LogP contribution in [0.1, 0.15) is 73.7 Å². The molecule has 0 bridgehead atoms. The largest absolute Gasteiger partial charge is 0.356 e. The fourth-order valence-corrected chi connectivity index (χ4v) is 5.59. The molecular weight excluding hydrogens is 527 g/mol. The summed E-state index contributed by atoms with van der Waals surface area (Å²) in [5.41, 5.74) is 0.830. The van der Waals surface area contributed by atoms with Crippen LogP contribution in [0.5, 0.6) is 0 Å². The van der Waals surface area contributed by atoms with Crippen molar-refractivity contribution in [2.24, 2.45) is 11.8 Å². The molecule has 1 saturated heterocycles. The van der Waals surface area contributed by atoms with Crippen molar-refractivity contribution in [1.29, 1.82) is 0 Å². The van der Waals surface area contributed by atoms with E-state index in [1.165, 1.54) is 6.20 Å². The number of Topliss-reactive ketones (excluding diaryl/α,β-unsaturated/α-hetero) is 2. The number of nitrogens with one attached hydrogen (secondary N) is 3. The van der Waals surface area contributed by atoms with Gasteiger partial charge in [0.15, 0.2) is 5.78 Å². The minimum absolute atomic E-state index is 0.0195. The second kappa shape index (κ2) is 14.6. The fourth-order valence-electron chi connectivity index (χ4n) is 5.59. The molecule has 1 aliphatic heterocycles. The molecule has 0 unspecified atom stereocenters. The van der Waals surface area contributed by atoms with Crippen LogP contribution >= 0.6 is 0 Å². The number of piperidine rings is 1. The number of pyridine rings is 1. The molecule has 1 aromatic carbocycles. The molecule has 1 saturated carbocycles. The summed E-state index contributed by atoms with van der Waals surface area (Å²) < 4.78 is 13.7. The van der Waals surface area contributed by atoms with Crippen LogP contribution in [-0.4, -0.2) is 52.9 Å². The smallest absolute Gasteiger partial charge is 0.289 e. The normalized spacial score (nSPS) is 19.0. The van der Waals surface area contributed by atoms with E-state index in [4.69, 9.17) is 0 Å². The van der Waals surface area contributed by atoms with Gasteiger partial charge in [0, 0.05) is 42.6 Å². The van der Waals surface area contributed by atoms with E-state index in [1.54, 1.807) is 0 Å². The maximum Gasteiger partial charge on any atom is 0.289 e. The molecule has 2 fully saturated rings. The van der Waals surface area contributed by atoms with Gasteiger partial charge in [-0.25, -0.2) is 4.39 Å². The van der Waals surface area contributed by atoms with Gasteiger partial charge in [-0.1, -0.05) is 49.6 Å². The predicted octanol–water partition coefficient (Wildman–Crippen LogP) is 3.07. The molecule has 9 nitrogen and oxygen atoms in total. The van der Waals surface area contributed by atoms with E-state index in [2.05, 4.69) is 20.9 Å². The molecule has 1 aromatic heterocycles. The number of ketones is 2. The Morgan fingerprint density at radius 1 is 1.00 bits per heavy atom. The van der Waals surface area contributed by atoms with Gasteiger partial charge in [0.25, 0.3) is 5.91 Å². The number of halogens is 1. The highest BCUT2D eigenvalue weighted by Gasteiger charge is 2.35. The molecule has 2 aliphatic rings. The number of hydrogen-bond donors (Lipinski definition) is 3. The summed E-state index contributed by atoms with van der Waals surface area (Å²) >= 11 is 0. The highest BCUT2D eigenvalue weighted by atomic mass is 19.1. The van der Waals surface area contributed by atoms with Crippen molar-refractivity contribution in [3.8, 4) is 0 Å². The number of amides is 3. The van der Waals surface area contributed by atoms with E-state index in [1.807, 2.05) is 30.3 Å². The number of carbonyl (C=O) groups excluding carboxylic acids is 5. The molecule has 2 heterocycles. The Hall–Kier alpha value is -3.95. The first-order chi connectivity index (χ1) is 19.8. The van der Waals surface area contributed by atoms with Crippen LogP contribution in [0.3, 0.4) is 0 Å². The zero-order chi connectivity index (χ0) is 29.2. The average molecular weight is 565 g/mol. The number of aromatic nitrogens is 1. The van der Waals surface area contributed by atoms with Gasteiger partial charge in [0.2, 0.25) is 17.6 Å². The molecule has 218 valence electrons. The second-order valence-electron chi connectivity index (χ2n) is 11.0. The molecular formula is C31H37FN4O5. The SMILES string of the molecule is O=C(NC1CCCCC1)C(=O)[C@H](C[C@@H]1CCCNC1=O)NC(=O)[C@@H](CC(=O)c1cncc(F)c1)Cc1ccccc1. The summed E-state index contributed by atoms with van der Waals surface area (Å²) in [5.74, 6) is -4.98. The fraction of sp³-hybridized carbons (Fsp3) is 0.484. The van der Waals surface area contributed by atoms with Gasteiger partial charge in [-0.2, -0.15) is 0 Å². The number of hydrogen-bond acceptors (Lipinski definition) is 6. The number of carbonyl (C=O) groups is 5. The molecule has 3 amide bonds. The van der Waals surface area contributed by atoms with E-state index >= 15 is 0 Å². The molecule has 1 aliphatic carbocycles. The third kappa shape index (κ3) is 8.77. The van der Waals surface area contributed by atoms with Crippen molar-refractivity contribution < 1.29 is 28.4 Å². The van der Waals surface area contributed by atoms with Crippen molar-refractivity contribution in [2.75, 3.05) is 6.54 Å². The zero-order valence-electron chi connectivity index (χ0n) is 23.1. The second-order valence-corrected chi connectivity index (χ2v) is 11.0. The van der Waals surface area contributed by atoms with Crippen LogP contribution in [0.4, 0.5) is 4.39 Å². The molecule has 3 atom stereocenters. The summed E-state index contributed by atoms with van der Waals surface area (Å²) in [4.78, 5) is 69.4. The van der Waals surface area contributed by atoms with Gasteiger partial charge in [-0.05, 0) is 50.2 Å². The van der Waals surface area contributed by atoms with Gasteiger partial charge in [-0.3, -0.25) is 29.0 Å². The Bertz CT molecular complexity index is 1250. The maximum atomic E-state index is 13.7. The Morgan fingerprint density at radius 2 is 1.76 bits per heavy atom. The first kappa shape index (κ1) is 30.0. The van der Waals surface area contributed by atoms with Crippen LogP contribution in [-0.2, 0) is 25.6 Å². The molecule has 10 heteroatoms. The third-order valence-corrected chi connectivity index (χ3v) is 7.87. The van der Waals surface area contributed by atoms with E-state index in [-0.39, 0.29) is 36.8 Å². The van der Waals surface area contributed by atoms with Crippen LogP contribution in [0, 0.1) is 17.7 Å². The molecule has 3 N–H and O–H groups in total. The first-order valence-electron chi connectivity index (χ1n) is 14.4.